The van der Waals surface area contributed by atoms with Crippen LogP contribution < -0.4 is 9.62 Å². The Kier molecular flexibility index (Phi) is 10.9. The molecule has 0 aliphatic heterocycles. The van der Waals surface area contributed by atoms with E-state index in [1.807, 2.05) is 94.4 Å². The van der Waals surface area contributed by atoms with E-state index in [2.05, 4.69) is 5.32 Å². The van der Waals surface area contributed by atoms with Crippen molar-refractivity contribution in [2.45, 2.75) is 65.6 Å². The van der Waals surface area contributed by atoms with Crippen molar-refractivity contribution >= 4 is 27.5 Å². The van der Waals surface area contributed by atoms with Crippen molar-refractivity contribution in [2.75, 3.05) is 17.1 Å². The van der Waals surface area contributed by atoms with Gasteiger partial charge in [0.2, 0.25) is 21.8 Å². The first-order chi connectivity index (χ1) is 19.0. The van der Waals surface area contributed by atoms with E-state index in [-0.39, 0.29) is 37.4 Å². The van der Waals surface area contributed by atoms with Crippen LogP contribution in [0.25, 0.3) is 0 Å². The Morgan fingerprint density at radius 2 is 1.52 bits per heavy atom. The number of carbonyl (C=O) groups is 2. The molecule has 0 unspecified atom stereocenters. The van der Waals surface area contributed by atoms with Crippen molar-refractivity contribution in [2.24, 2.45) is 0 Å². The third-order valence-corrected chi connectivity index (χ3v) is 7.85. The van der Waals surface area contributed by atoms with Gasteiger partial charge in [0.25, 0.3) is 0 Å². The predicted octanol–water partition coefficient (Wildman–Crippen LogP) is 5.01. The fraction of sp³-hybridized carbons (Fsp3) is 0.375. The van der Waals surface area contributed by atoms with Gasteiger partial charge in [-0.2, -0.15) is 0 Å². The van der Waals surface area contributed by atoms with Crippen molar-refractivity contribution in [3.63, 3.8) is 0 Å². The minimum atomic E-state index is -3.55. The van der Waals surface area contributed by atoms with Crippen LogP contribution in [0, 0.1) is 13.8 Å². The summed E-state index contributed by atoms with van der Waals surface area (Å²) in [6.45, 7) is 8.09. The third kappa shape index (κ3) is 8.95. The van der Waals surface area contributed by atoms with Crippen molar-refractivity contribution in [1.82, 2.24) is 10.2 Å². The first-order valence-corrected chi connectivity index (χ1v) is 15.5. The second kappa shape index (κ2) is 14.1. The zero-order chi connectivity index (χ0) is 29.3. The van der Waals surface area contributed by atoms with E-state index < -0.39 is 16.1 Å². The average molecular weight is 564 g/mol. The fourth-order valence-electron chi connectivity index (χ4n) is 4.77. The van der Waals surface area contributed by atoms with E-state index in [1.165, 1.54) is 10.6 Å². The lowest BCUT2D eigenvalue weighted by molar-refractivity contribution is -0.141. The molecule has 3 aromatic rings. The number of anilines is 1. The van der Waals surface area contributed by atoms with Crippen molar-refractivity contribution in [3.8, 4) is 0 Å². The number of nitrogens with one attached hydrogen (secondary N) is 1. The third-order valence-electron chi connectivity index (χ3n) is 6.67. The highest BCUT2D eigenvalue weighted by Crippen LogP contribution is 2.23. The van der Waals surface area contributed by atoms with Crippen LogP contribution in [0.1, 0.15) is 48.9 Å². The van der Waals surface area contributed by atoms with Gasteiger partial charge < -0.3 is 10.2 Å². The molecule has 0 aromatic heterocycles. The van der Waals surface area contributed by atoms with E-state index in [1.54, 1.807) is 17.0 Å². The predicted molar refractivity (Wildman–Crippen MR) is 162 cm³/mol. The maximum Gasteiger partial charge on any atom is 0.243 e. The van der Waals surface area contributed by atoms with Gasteiger partial charge in [0.15, 0.2) is 0 Å². The van der Waals surface area contributed by atoms with E-state index in [0.717, 1.165) is 22.3 Å². The van der Waals surface area contributed by atoms with E-state index >= 15 is 0 Å². The molecule has 3 aromatic carbocycles. The first kappa shape index (κ1) is 30.9. The molecule has 1 atom stereocenters. The second-order valence-corrected chi connectivity index (χ2v) is 12.5. The van der Waals surface area contributed by atoms with Gasteiger partial charge >= 0.3 is 0 Å². The molecule has 40 heavy (non-hydrogen) atoms. The number of hydrogen-bond donors (Lipinski definition) is 1. The summed E-state index contributed by atoms with van der Waals surface area (Å²) in [7, 11) is -3.55. The smallest absolute Gasteiger partial charge is 0.243 e. The van der Waals surface area contributed by atoms with Gasteiger partial charge in [-0.05, 0) is 56.9 Å². The Bertz CT molecular complexity index is 1390. The number of benzene rings is 3. The molecule has 8 heteroatoms. The molecule has 0 radical (unpaired) electrons. The van der Waals surface area contributed by atoms with Crippen LogP contribution in [0.5, 0.6) is 0 Å². The Balaban J connectivity index is 1.89. The molecule has 2 amide bonds. The minimum absolute atomic E-state index is 0.0841. The molecule has 0 saturated carbocycles. The summed E-state index contributed by atoms with van der Waals surface area (Å²) in [6, 6.07) is 24.1. The van der Waals surface area contributed by atoms with Gasteiger partial charge in [-0.15, -0.1) is 0 Å². The molecule has 0 aliphatic carbocycles. The number of para-hydroxylation sites is 1. The highest BCUT2D eigenvalue weighted by molar-refractivity contribution is 7.92. The van der Waals surface area contributed by atoms with Crippen LogP contribution in [0.15, 0.2) is 78.9 Å². The highest BCUT2D eigenvalue weighted by atomic mass is 32.2. The topological polar surface area (TPSA) is 86.8 Å². The summed E-state index contributed by atoms with van der Waals surface area (Å²) in [5.41, 5.74) is 4.40. The molecular weight excluding hydrogens is 522 g/mol. The van der Waals surface area contributed by atoms with Crippen molar-refractivity contribution < 1.29 is 18.0 Å². The van der Waals surface area contributed by atoms with Gasteiger partial charge in [-0.3, -0.25) is 13.9 Å². The number of hydrogen-bond acceptors (Lipinski definition) is 4. The van der Waals surface area contributed by atoms with E-state index in [0.29, 0.717) is 18.5 Å². The van der Waals surface area contributed by atoms with E-state index in [9.17, 15) is 18.0 Å². The fourth-order valence-corrected chi connectivity index (χ4v) is 5.79. The normalized spacial score (nSPS) is 12.2. The van der Waals surface area contributed by atoms with Crippen LogP contribution >= 0.6 is 0 Å². The molecule has 214 valence electrons. The van der Waals surface area contributed by atoms with Gasteiger partial charge in [0, 0.05) is 32.0 Å². The number of nitrogens with zero attached hydrogens (tertiary/aromatic N) is 2. The zero-order valence-corrected chi connectivity index (χ0v) is 24.9. The summed E-state index contributed by atoms with van der Waals surface area (Å²) < 4.78 is 26.7. The van der Waals surface area contributed by atoms with Gasteiger partial charge in [-0.25, -0.2) is 8.42 Å². The molecule has 0 saturated heterocycles. The Hall–Kier alpha value is -3.65. The summed E-state index contributed by atoms with van der Waals surface area (Å²) in [5.74, 6) is -0.405. The zero-order valence-electron chi connectivity index (χ0n) is 24.1. The molecular formula is C32H41N3O4S. The summed E-state index contributed by atoms with van der Waals surface area (Å²) >= 11 is 0. The largest absolute Gasteiger partial charge is 0.352 e. The lowest BCUT2D eigenvalue weighted by Crippen LogP contribution is -2.51. The number of sulfonamides is 1. The summed E-state index contributed by atoms with van der Waals surface area (Å²) in [5, 5.41) is 3.00. The number of rotatable bonds is 13. The highest BCUT2D eigenvalue weighted by Gasteiger charge is 2.31. The summed E-state index contributed by atoms with van der Waals surface area (Å²) in [4.78, 5) is 29.0. The van der Waals surface area contributed by atoms with Crippen LogP contribution in [0.4, 0.5) is 5.69 Å². The average Bonchev–Trinajstić information content (AvgIpc) is 2.88. The minimum Gasteiger partial charge on any atom is -0.352 e. The van der Waals surface area contributed by atoms with Crippen molar-refractivity contribution in [1.29, 1.82) is 0 Å². The maximum atomic E-state index is 13.9. The van der Waals surface area contributed by atoms with Crippen LogP contribution in [-0.4, -0.2) is 50.0 Å². The molecule has 3 rings (SSSR count). The molecule has 0 heterocycles. The maximum absolute atomic E-state index is 13.9. The molecule has 0 aliphatic rings. The van der Waals surface area contributed by atoms with Crippen molar-refractivity contribution in [3.05, 3.63) is 101 Å². The van der Waals surface area contributed by atoms with Gasteiger partial charge in [-0.1, -0.05) is 78.4 Å². The van der Waals surface area contributed by atoms with Crippen LogP contribution in [0.3, 0.4) is 0 Å². The molecule has 7 nitrogen and oxygen atoms in total. The van der Waals surface area contributed by atoms with Crippen LogP contribution in [0.2, 0.25) is 0 Å². The first-order valence-electron chi connectivity index (χ1n) is 13.7. The number of carbonyl (C=O) groups excluding carboxylic acids is 2. The SMILES string of the molecule is Cc1cccc(CN(C(=O)CCCN(c2ccccc2C)S(C)(=O)=O)[C@H](Cc2ccccc2)C(=O)NC(C)C)c1. The quantitative estimate of drug-likeness (QED) is 0.317. The molecule has 0 bridgehead atoms. The number of amides is 2. The van der Waals surface area contributed by atoms with E-state index in [4.69, 9.17) is 0 Å². The van der Waals surface area contributed by atoms with Gasteiger partial charge in [0.05, 0.1) is 11.9 Å². The molecule has 0 spiro atoms. The Morgan fingerprint density at radius 1 is 0.875 bits per heavy atom. The molecule has 0 fully saturated rings. The lowest BCUT2D eigenvalue weighted by Gasteiger charge is -2.32. The molecule has 1 N–H and O–H groups in total. The Labute approximate surface area is 239 Å². The summed E-state index contributed by atoms with van der Waals surface area (Å²) in [6.07, 6.45) is 1.96. The standard InChI is InChI=1S/C32H41N3O4S/c1-24(2)33-32(37)30(22-27-15-7-6-8-16-27)34(23-28-17-11-13-25(3)21-28)31(36)19-12-20-35(40(5,38)39)29-18-10-9-14-26(29)4/h6-11,13-18,21,24,30H,12,19-20,22-23H2,1-5H3,(H,33,37)/t30-/m1/s1. The lowest BCUT2D eigenvalue weighted by atomic mass is 10.0. The monoisotopic (exact) mass is 563 g/mol. The Morgan fingerprint density at radius 3 is 2.15 bits per heavy atom. The number of aryl methyl sites for hydroxylation is 2. The van der Waals surface area contributed by atoms with Crippen LogP contribution in [-0.2, 0) is 32.6 Å². The van der Waals surface area contributed by atoms with Gasteiger partial charge in [0.1, 0.15) is 6.04 Å². The second-order valence-electron chi connectivity index (χ2n) is 10.6.